The van der Waals surface area contributed by atoms with Crippen LogP contribution in [0.5, 0.6) is 0 Å². The van der Waals surface area contributed by atoms with Crippen LogP contribution in [-0.2, 0) is 19.5 Å². The number of hydrogen-bond acceptors (Lipinski definition) is 4. The summed E-state index contributed by atoms with van der Waals surface area (Å²) >= 11 is 0. The van der Waals surface area contributed by atoms with E-state index in [9.17, 15) is 14.7 Å². The van der Waals surface area contributed by atoms with Gasteiger partial charge in [-0.05, 0) is 83.1 Å². The predicted octanol–water partition coefficient (Wildman–Crippen LogP) is 6.83. The fraction of sp³-hybridized carbons (Fsp3) is 0.206. The highest BCUT2D eigenvalue weighted by molar-refractivity contribution is 5.96. The Bertz CT molecular complexity index is 1540. The molecule has 1 aliphatic heterocycles. The molecule has 0 atom stereocenters. The predicted molar refractivity (Wildman–Crippen MR) is 158 cm³/mol. The minimum absolute atomic E-state index is 0.126. The molecule has 1 aliphatic rings. The summed E-state index contributed by atoms with van der Waals surface area (Å²) < 4.78 is 0. The molecule has 4 aromatic carbocycles. The zero-order chi connectivity index (χ0) is 28.5. The van der Waals surface area contributed by atoms with Gasteiger partial charge in [-0.25, -0.2) is 4.79 Å². The van der Waals surface area contributed by atoms with Gasteiger partial charge in [0.25, 0.3) is 5.91 Å². The minimum Gasteiger partial charge on any atom is -0.478 e. The van der Waals surface area contributed by atoms with E-state index in [2.05, 4.69) is 28.4 Å². The number of carboxylic acids is 1. The molecule has 0 aliphatic carbocycles. The first-order valence-corrected chi connectivity index (χ1v) is 13.6. The average Bonchev–Trinajstić information content (AvgIpc) is 3.01. The molecule has 1 heterocycles. The van der Waals surface area contributed by atoms with E-state index in [-0.39, 0.29) is 11.5 Å². The largest absolute Gasteiger partial charge is 0.478 e. The third-order valence-electron chi connectivity index (χ3n) is 6.86. The zero-order valence-electron chi connectivity index (χ0n) is 22.9. The highest BCUT2D eigenvalue weighted by Gasteiger charge is 2.19. The van der Waals surface area contributed by atoms with Gasteiger partial charge in [0.1, 0.15) is 0 Å². The van der Waals surface area contributed by atoms with Gasteiger partial charge in [-0.1, -0.05) is 62.4 Å². The van der Waals surface area contributed by atoms with Crippen LogP contribution in [0.15, 0.2) is 91.0 Å². The van der Waals surface area contributed by atoms with Crippen molar-refractivity contribution in [3.05, 3.63) is 124 Å². The maximum atomic E-state index is 12.8. The van der Waals surface area contributed by atoms with Gasteiger partial charge in [-0.2, -0.15) is 5.26 Å². The Kier molecular flexibility index (Phi) is 9.32. The first kappa shape index (κ1) is 28.1. The van der Waals surface area contributed by atoms with Crippen LogP contribution in [0.2, 0.25) is 0 Å². The van der Waals surface area contributed by atoms with Crippen LogP contribution in [0.25, 0.3) is 11.1 Å². The number of anilines is 1. The molecular formula is C34H33N3O3. The van der Waals surface area contributed by atoms with Gasteiger partial charge in [-0.15, -0.1) is 0 Å². The van der Waals surface area contributed by atoms with E-state index >= 15 is 0 Å². The molecule has 0 saturated heterocycles. The number of carbonyl (C=O) groups is 2. The lowest BCUT2D eigenvalue weighted by atomic mass is 9.96. The number of nitrogens with zero attached hydrogens (tertiary/aromatic N) is 2. The number of carbonyl (C=O) groups excluding carboxylic acids is 1. The van der Waals surface area contributed by atoms with Gasteiger partial charge in [0.05, 0.1) is 17.2 Å². The number of rotatable bonds is 7. The summed E-state index contributed by atoms with van der Waals surface area (Å²) in [5.41, 5.74) is 7.41. The van der Waals surface area contributed by atoms with Crippen LogP contribution < -0.4 is 10.2 Å². The lowest BCUT2D eigenvalue weighted by Gasteiger charge is -2.32. The van der Waals surface area contributed by atoms with Crippen molar-refractivity contribution in [1.82, 2.24) is 5.32 Å². The number of amides is 1. The van der Waals surface area contributed by atoms with E-state index in [0.29, 0.717) is 29.8 Å². The summed E-state index contributed by atoms with van der Waals surface area (Å²) in [4.78, 5) is 26.8. The maximum absolute atomic E-state index is 12.8. The molecule has 0 fully saturated rings. The monoisotopic (exact) mass is 531 g/mol. The summed E-state index contributed by atoms with van der Waals surface area (Å²) in [7, 11) is 0. The molecule has 0 radical (unpaired) electrons. The van der Waals surface area contributed by atoms with E-state index in [4.69, 9.17) is 5.26 Å². The molecule has 0 saturated carbocycles. The lowest BCUT2D eigenvalue weighted by Crippen LogP contribution is -2.29. The number of carboxylic acid groups (broad SMARTS) is 1. The molecule has 6 nitrogen and oxygen atoms in total. The van der Waals surface area contributed by atoms with Crippen LogP contribution in [0.3, 0.4) is 0 Å². The van der Waals surface area contributed by atoms with Crippen molar-refractivity contribution < 1.29 is 14.7 Å². The molecule has 0 unspecified atom stereocenters. The summed E-state index contributed by atoms with van der Waals surface area (Å²) in [5, 5.41) is 21.5. The molecule has 0 spiro atoms. The normalized spacial score (nSPS) is 11.9. The molecule has 40 heavy (non-hydrogen) atoms. The Morgan fingerprint density at radius 2 is 1.70 bits per heavy atom. The Balaban J connectivity index is 0.00000181. The van der Waals surface area contributed by atoms with Crippen LogP contribution in [0, 0.1) is 11.3 Å². The molecule has 6 heteroatoms. The topological polar surface area (TPSA) is 93.4 Å². The van der Waals surface area contributed by atoms with Crippen LogP contribution >= 0.6 is 0 Å². The molecule has 0 aromatic heterocycles. The molecule has 0 bridgehead atoms. The highest BCUT2D eigenvalue weighted by atomic mass is 16.4. The minimum atomic E-state index is -0.937. The van der Waals surface area contributed by atoms with Gasteiger partial charge < -0.3 is 15.3 Å². The quantitative estimate of drug-likeness (QED) is 0.273. The standard InChI is InChI=1S/C32H27N3O3.C2H6/c33-19-22-10-12-23(13-11-22)20-34-31(36)27-14-15-30-26(18-27)7-4-16-35(30)21-24-5-3-6-25(17-24)28-8-1-2-9-29(28)32(37)38;1-2/h1-3,5-6,8-15,17-18H,4,7,16,20-21H2,(H,34,36)(H,37,38);1-2H3. The van der Waals surface area contributed by atoms with Gasteiger partial charge in [0, 0.05) is 30.9 Å². The summed E-state index contributed by atoms with van der Waals surface area (Å²) in [6.45, 7) is 6.00. The Morgan fingerprint density at radius 3 is 2.45 bits per heavy atom. The van der Waals surface area contributed by atoms with Crippen molar-refractivity contribution >= 4 is 17.6 Å². The maximum Gasteiger partial charge on any atom is 0.336 e. The fourth-order valence-corrected chi connectivity index (χ4v) is 4.94. The third-order valence-corrected chi connectivity index (χ3v) is 6.86. The second-order valence-corrected chi connectivity index (χ2v) is 9.41. The van der Waals surface area contributed by atoms with Crippen molar-refractivity contribution in [2.24, 2.45) is 0 Å². The van der Waals surface area contributed by atoms with Crippen molar-refractivity contribution in [2.75, 3.05) is 11.4 Å². The number of aromatic carboxylic acids is 1. The van der Waals surface area contributed by atoms with Gasteiger partial charge in [0.2, 0.25) is 0 Å². The Morgan fingerprint density at radius 1 is 0.925 bits per heavy atom. The van der Waals surface area contributed by atoms with E-state index < -0.39 is 5.97 Å². The Hall–Kier alpha value is -4.89. The van der Waals surface area contributed by atoms with E-state index in [1.165, 1.54) is 0 Å². The fourth-order valence-electron chi connectivity index (χ4n) is 4.94. The van der Waals surface area contributed by atoms with Crippen molar-refractivity contribution in [2.45, 2.75) is 39.8 Å². The number of aryl methyl sites for hydroxylation is 1. The lowest BCUT2D eigenvalue weighted by molar-refractivity contribution is 0.0697. The van der Waals surface area contributed by atoms with Crippen LogP contribution in [-0.4, -0.2) is 23.5 Å². The van der Waals surface area contributed by atoms with Crippen molar-refractivity contribution in [1.29, 1.82) is 5.26 Å². The SMILES string of the molecule is CC.N#Cc1ccc(CNC(=O)c2ccc3c(c2)CCCN3Cc2cccc(-c3ccccc3C(=O)O)c2)cc1. The van der Waals surface area contributed by atoms with E-state index in [0.717, 1.165) is 47.3 Å². The van der Waals surface area contributed by atoms with Gasteiger partial charge >= 0.3 is 5.97 Å². The molecular weight excluding hydrogens is 498 g/mol. The number of fused-ring (bicyclic) bond motifs is 1. The number of nitrogens with one attached hydrogen (secondary N) is 1. The zero-order valence-corrected chi connectivity index (χ0v) is 22.9. The van der Waals surface area contributed by atoms with Gasteiger partial charge in [0.15, 0.2) is 0 Å². The first-order valence-electron chi connectivity index (χ1n) is 13.6. The van der Waals surface area contributed by atoms with Crippen LogP contribution in [0.4, 0.5) is 5.69 Å². The molecule has 4 aromatic rings. The van der Waals surface area contributed by atoms with Gasteiger partial charge in [-0.3, -0.25) is 4.79 Å². The summed E-state index contributed by atoms with van der Waals surface area (Å²) in [6, 6.07) is 30.2. The smallest absolute Gasteiger partial charge is 0.336 e. The Labute approximate surface area is 235 Å². The number of hydrogen-bond donors (Lipinski definition) is 2. The summed E-state index contributed by atoms with van der Waals surface area (Å²) in [6.07, 6.45) is 1.90. The first-order chi connectivity index (χ1) is 19.5. The molecule has 202 valence electrons. The van der Waals surface area contributed by atoms with E-state index in [1.807, 2.05) is 68.4 Å². The van der Waals surface area contributed by atoms with Crippen molar-refractivity contribution in [3.63, 3.8) is 0 Å². The third kappa shape index (κ3) is 6.57. The number of benzene rings is 4. The second kappa shape index (κ2) is 13.3. The molecule has 1 amide bonds. The highest BCUT2D eigenvalue weighted by Crippen LogP contribution is 2.31. The average molecular weight is 532 g/mol. The number of nitriles is 1. The molecule has 2 N–H and O–H groups in total. The van der Waals surface area contributed by atoms with Crippen LogP contribution in [0.1, 0.15) is 63.2 Å². The summed E-state index contributed by atoms with van der Waals surface area (Å²) in [5.74, 6) is -1.06. The second-order valence-electron chi connectivity index (χ2n) is 9.41. The molecule has 5 rings (SSSR count). The van der Waals surface area contributed by atoms with Crippen molar-refractivity contribution in [3.8, 4) is 17.2 Å². The van der Waals surface area contributed by atoms with E-state index in [1.54, 1.807) is 24.3 Å².